The molecule has 0 aliphatic carbocycles. The highest BCUT2D eigenvalue weighted by atomic mass is 32.2. The monoisotopic (exact) mass is 421 g/mol. The molecule has 29 heavy (non-hydrogen) atoms. The van der Waals surface area contributed by atoms with Crippen molar-refractivity contribution in [2.24, 2.45) is 0 Å². The molecule has 2 aromatic carbocycles. The first-order valence-corrected chi connectivity index (χ1v) is 11.4. The summed E-state index contributed by atoms with van der Waals surface area (Å²) in [4.78, 5) is 4.77. The molecule has 0 saturated carbocycles. The van der Waals surface area contributed by atoms with Crippen LogP contribution in [0.1, 0.15) is 42.1 Å². The third-order valence-corrected chi connectivity index (χ3v) is 6.39. The summed E-state index contributed by atoms with van der Waals surface area (Å²) < 4.78 is 5.84. The van der Waals surface area contributed by atoms with E-state index in [0.717, 1.165) is 21.8 Å². The number of thioether (sulfide) groups is 1. The van der Waals surface area contributed by atoms with E-state index in [2.05, 4.69) is 85.7 Å². The van der Waals surface area contributed by atoms with Crippen LogP contribution >= 0.6 is 23.1 Å². The normalized spacial score (nSPS) is 11.3. The average Bonchev–Trinajstić information content (AvgIpc) is 3.35. The molecule has 0 aliphatic rings. The van der Waals surface area contributed by atoms with Crippen LogP contribution in [0.25, 0.3) is 22.0 Å². The molecule has 0 spiro atoms. The van der Waals surface area contributed by atoms with Crippen molar-refractivity contribution < 1.29 is 4.42 Å². The van der Waals surface area contributed by atoms with Gasteiger partial charge in [0, 0.05) is 22.3 Å². The second kappa shape index (κ2) is 8.51. The Morgan fingerprint density at radius 2 is 1.69 bits per heavy atom. The van der Waals surface area contributed by atoms with Crippen molar-refractivity contribution in [2.75, 3.05) is 0 Å². The Hall–Kier alpha value is -2.44. The van der Waals surface area contributed by atoms with Crippen LogP contribution in [0.4, 0.5) is 0 Å². The molecule has 2 heterocycles. The van der Waals surface area contributed by atoms with Gasteiger partial charge in [0.1, 0.15) is 5.01 Å². The van der Waals surface area contributed by atoms with Crippen molar-refractivity contribution in [3.05, 3.63) is 70.2 Å². The Balaban J connectivity index is 1.42. The van der Waals surface area contributed by atoms with E-state index in [0.29, 0.717) is 22.8 Å². The number of hydrogen-bond donors (Lipinski definition) is 0. The summed E-state index contributed by atoms with van der Waals surface area (Å²) in [6.45, 7) is 8.55. The van der Waals surface area contributed by atoms with E-state index >= 15 is 0 Å². The van der Waals surface area contributed by atoms with E-state index < -0.39 is 0 Å². The van der Waals surface area contributed by atoms with Gasteiger partial charge < -0.3 is 4.42 Å². The fraction of sp³-hybridized carbons (Fsp3) is 0.261. The third kappa shape index (κ3) is 4.77. The predicted molar refractivity (Wildman–Crippen MR) is 120 cm³/mol. The topological polar surface area (TPSA) is 51.8 Å². The molecule has 0 aliphatic heterocycles. The first kappa shape index (κ1) is 19.9. The molecular formula is C23H23N3OS2. The standard InChI is InChI=1S/C23H23N3OS2/c1-14(2)17-5-7-18(8-6-17)22-24-20(12-28-22)13-29-23-26-25-21(27-23)19-10-15(3)9-16(4)11-19/h5-12,14H,13H2,1-4H3. The molecule has 0 atom stereocenters. The van der Waals surface area contributed by atoms with Gasteiger partial charge in [-0.3, -0.25) is 0 Å². The number of rotatable bonds is 6. The van der Waals surface area contributed by atoms with Gasteiger partial charge in [0.2, 0.25) is 5.89 Å². The summed E-state index contributed by atoms with van der Waals surface area (Å²) in [5.74, 6) is 1.80. The second-order valence-electron chi connectivity index (χ2n) is 7.46. The number of aromatic nitrogens is 3. The predicted octanol–water partition coefficient (Wildman–Crippen LogP) is 6.89. The molecule has 148 valence electrons. The SMILES string of the molecule is Cc1cc(C)cc(-c2nnc(SCc3csc(-c4ccc(C(C)C)cc4)n3)o2)c1. The summed E-state index contributed by atoms with van der Waals surface area (Å²) in [7, 11) is 0. The fourth-order valence-corrected chi connectivity index (χ4v) is 4.72. The van der Waals surface area contributed by atoms with Crippen LogP contribution in [0.15, 0.2) is 57.5 Å². The van der Waals surface area contributed by atoms with E-state index in [9.17, 15) is 0 Å². The van der Waals surface area contributed by atoms with Gasteiger partial charge in [-0.15, -0.1) is 21.5 Å². The lowest BCUT2D eigenvalue weighted by Crippen LogP contribution is -1.87. The number of hydrogen-bond acceptors (Lipinski definition) is 6. The third-order valence-electron chi connectivity index (χ3n) is 4.59. The molecule has 4 rings (SSSR count). The molecular weight excluding hydrogens is 398 g/mol. The number of benzene rings is 2. The lowest BCUT2D eigenvalue weighted by molar-refractivity contribution is 0.465. The van der Waals surface area contributed by atoms with Crippen molar-refractivity contribution in [2.45, 2.75) is 44.6 Å². The van der Waals surface area contributed by atoms with Crippen molar-refractivity contribution in [1.82, 2.24) is 15.2 Å². The van der Waals surface area contributed by atoms with Crippen molar-refractivity contribution in [3.8, 4) is 22.0 Å². The van der Waals surface area contributed by atoms with Gasteiger partial charge in [0.25, 0.3) is 5.22 Å². The number of thiazole rings is 1. The lowest BCUT2D eigenvalue weighted by Gasteiger charge is -2.05. The number of nitrogens with zero attached hydrogens (tertiary/aromatic N) is 3. The van der Waals surface area contributed by atoms with Crippen LogP contribution in [0.2, 0.25) is 0 Å². The maximum atomic E-state index is 5.84. The quantitative estimate of drug-likeness (QED) is 0.317. The van der Waals surface area contributed by atoms with Gasteiger partial charge in [-0.2, -0.15) is 0 Å². The van der Waals surface area contributed by atoms with E-state index in [4.69, 9.17) is 9.40 Å². The van der Waals surface area contributed by atoms with E-state index in [-0.39, 0.29) is 0 Å². The molecule has 6 heteroatoms. The van der Waals surface area contributed by atoms with Crippen LogP contribution in [0.5, 0.6) is 0 Å². The zero-order valence-electron chi connectivity index (χ0n) is 17.0. The number of aryl methyl sites for hydroxylation is 2. The second-order valence-corrected chi connectivity index (χ2v) is 9.24. The van der Waals surface area contributed by atoms with Crippen molar-refractivity contribution in [3.63, 3.8) is 0 Å². The molecule has 0 radical (unpaired) electrons. The van der Waals surface area contributed by atoms with Gasteiger partial charge in [-0.05, 0) is 37.5 Å². The first-order valence-electron chi connectivity index (χ1n) is 9.57. The molecule has 4 nitrogen and oxygen atoms in total. The van der Waals surface area contributed by atoms with Crippen LogP contribution in [0.3, 0.4) is 0 Å². The smallest absolute Gasteiger partial charge is 0.277 e. The van der Waals surface area contributed by atoms with Gasteiger partial charge in [-0.1, -0.05) is 67.1 Å². The highest BCUT2D eigenvalue weighted by Gasteiger charge is 2.12. The maximum Gasteiger partial charge on any atom is 0.277 e. The van der Waals surface area contributed by atoms with Crippen molar-refractivity contribution in [1.29, 1.82) is 0 Å². The Bertz CT molecular complexity index is 1090. The van der Waals surface area contributed by atoms with Crippen LogP contribution in [-0.4, -0.2) is 15.2 Å². The van der Waals surface area contributed by atoms with Gasteiger partial charge in [0.15, 0.2) is 0 Å². The summed E-state index contributed by atoms with van der Waals surface area (Å²) >= 11 is 3.18. The molecule has 0 amide bonds. The lowest BCUT2D eigenvalue weighted by atomic mass is 10.0. The maximum absolute atomic E-state index is 5.84. The molecule has 0 unspecified atom stereocenters. The Morgan fingerprint density at radius 1 is 0.966 bits per heavy atom. The summed E-state index contributed by atoms with van der Waals surface area (Å²) in [5, 5.41) is 12.1. The van der Waals surface area contributed by atoms with E-state index in [1.165, 1.54) is 28.5 Å². The largest absolute Gasteiger partial charge is 0.411 e. The average molecular weight is 422 g/mol. The van der Waals surface area contributed by atoms with E-state index in [1.54, 1.807) is 11.3 Å². The Labute approximate surface area is 179 Å². The minimum atomic E-state index is 0.537. The van der Waals surface area contributed by atoms with Crippen LogP contribution in [0, 0.1) is 13.8 Å². The summed E-state index contributed by atoms with van der Waals surface area (Å²) in [5.41, 5.74) is 6.85. The van der Waals surface area contributed by atoms with Crippen molar-refractivity contribution >= 4 is 23.1 Å². The molecule has 0 fully saturated rings. The van der Waals surface area contributed by atoms with Gasteiger partial charge in [0.05, 0.1) is 5.69 Å². The van der Waals surface area contributed by atoms with E-state index in [1.807, 2.05) is 0 Å². The minimum Gasteiger partial charge on any atom is -0.411 e. The van der Waals surface area contributed by atoms with Gasteiger partial charge >= 0.3 is 0 Å². The van der Waals surface area contributed by atoms with Gasteiger partial charge in [-0.25, -0.2) is 4.98 Å². The highest BCUT2D eigenvalue weighted by molar-refractivity contribution is 7.98. The summed E-state index contributed by atoms with van der Waals surface area (Å²) in [6.07, 6.45) is 0. The molecule has 0 saturated heterocycles. The van der Waals surface area contributed by atoms with Crippen LogP contribution < -0.4 is 0 Å². The Morgan fingerprint density at radius 3 is 2.38 bits per heavy atom. The van der Waals surface area contributed by atoms with Crippen LogP contribution in [-0.2, 0) is 5.75 Å². The summed E-state index contributed by atoms with van der Waals surface area (Å²) in [6, 6.07) is 14.9. The Kier molecular flexibility index (Phi) is 5.83. The zero-order chi connectivity index (χ0) is 20.4. The molecule has 0 N–H and O–H groups in total. The minimum absolute atomic E-state index is 0.537. The zero-order valence-corrected chi connectivity index (χ0v) is 18.6. The first-order chi connectivity index (χ1) is 14.0. The highest BCUT2D eigenvalue weighted by Crippen LogP contribution is 2.30. The molecule has 0 bridgehead atoms. The molecule has 2 aromatic heterocycles. The fourth-order valence-electron chi connectivity index (χ4n) is 3.14. The molecule has 4 aromatic rings.